The van der Waals surface area contributed by atoms with Gasteiger partial charge in [-0.25, -0.2) is 0 Å². The van der Waals surface area contributed by atoms with Crippen LogP contribution in [0, 0.1) is 11.8 Å². The maximum absolute atomic E-state index is 12.4. The molecule has 1 aromatic carbocycles. The van der Waals surface area contributed by atoms with Crippen LogP contribution in [0.15, 0.2) is 24.3 Å². The van der Waals surface area contributed by atoms with Gasteiger partial charge < -0.3 is 15.4 Å². The minimum absolute atomic E-state index is 0. The number of nitrogens with two attached hydrogens (primary N) is 1. The van der Waals surface area contributed by atoms with Crippen LogP contribution in [-0.2, 0) is 0 Å². The van der Waals surface area contributed by atoms with E-state index >= 15 is 0 Å². The van der Waals surface area contributed by atoms with Crippen LogP contribution >= 0.6 is 12.4 Å². The van der Waals surface area contributed by atoms with E-state index in [0.717, 1.165) is 12.2 Å². The Labute approximate surface area is 146 Å². The Morgan fingerprint density at radius 2 is 1.91 bits per heavy atom. The van der Waals surface area contributed by atoms with Gasteiger partial charge in [0, 0.05) is 25.2 Å². The highest BCUT2D eigenvalue weighted by atomic mass is 35.5. The highest BCUT2D eigenvalue weighted by molar-refractivity contribution is 5.94. The third kappa shape index (κ3) is 7.71. The molecule has 0 fully saturated rings. The van der Waals surface area contributed by atoms with E-state index in [2.05, 4.69) is 27.7 Å². The molecule has 132 valence electrons. The van der Waals surface area contributed by atoms with Crippen LogP contribution in [0.5, 0.6) is 5.75 Å². The van der Waals surface area contributed by atoms with Gasteiger partial charge in [-0.05, 0) is 36.5 Å². The van der Waals surface area contributed by atoms with Gasteiger partial charge in [-0.15, -0.1) is 12.4 Å². The molecule has 1 atom stereocenters. The molecule has 1 aromatic rings. The molecule has 0 saturated carbocycles. The van der Waals surface area contributed by atoms with Gasteiger partial charge in [-0.2, -0.15) is 0 Å². The van der Waals surface area contributed by atoms with Crippen LogP contribution in [0.2, 0.25) is 0 Å². The Hall–Kier alpha value is -1.26. The van der Waals surface area contributed by atoms with E-state index in [0.29, 0.717) is 30.6 Å². The van der Waals surface area contributed by atoms with Crippen molar-refractivity contribution in [2.45, 2.75) is 40.2 Å². The normalized spacial score (nSPS) is 12.0. The number of carbonyl (C=O) groups is 1. The van der Waals surface area contributed by atoms with E-state index < -0.39 is 0 Å². The van der Waals surface area contributed by atoms with Crippen molar-refractivity contribution in [1.82, 2.24) is 4.90 Å². The summed E-state index contributed by atoms with van der Waals surface area (Å²) in [5.41, 5.74) is 6.69. The van der Waals surface area contributed by atoms with E-state index in [1.54, 1.807) is 4.90 Å². The van der Waals surface area contributed by atoms with Crippen molar-refractivity contribution in [2.75, 3.05) is 20.2 Å². The minimum Gasteiger partial charge on any atom is -0.493 e. The van der Waals surface area contributed by atoms with Crippen LogP contribution < -0.4 is 10.5 Å². The smallest absolute Gasteiger partial charge is 0.253 e. The Kier molecular flexibility index (Phi) is 9.93. The first-order valence-corrected chi connectivity index (χ1v) is 8.05. The molecule has 2 N–H and O–H groups in total. The SMILES string of the molecule is CC(C)COc1cccc(C(=O)N(C)CCC(N)C(C)C)c1.Cl. The quantitative estimate of drug-likeness (QED) is 0.785. The predicted molar refractivity (Wildman–Crippen MR) is 98.4 cm³/mol. The first-order chi connectivity index (χ1) is 10.3. The van der Waals surface area contributed by atoms with Gasteiger partial charge in [-0.3, -0.25) is 4.79 Å². The number of amides is 1. The Bertz CT molecular complexity index is 478. The van der Waals surface area contributed by atoms with Gasteiger partial charge in [0.2, 0.25) is 0 Å². The molecular formula is C18H31ClN2O2. The van der Waals surface area contributed by atoms with E-state index in [1.807, 2.05) is 31.3 Å². The summed E-state index contributed by atoms with van der Waals surface area (Å²) in [6.45, 7) is 9.71. The van der Waals surface area contributed by atoms with Crippen LogP contribution in [0.3, 0.4) is 0 Å². The van der Waals surface area contributed by atoms with E-state index in [9.17, 15) is 4.79 Å². The van der Waals surface area contributed by atoms with Gasteiger partial charge in [-0.1, -0.05) is 33.8 Å². The lowest BCUT2D eigenvalue weighted by atomic mass is 10.0. The molecule has 0 aliphatic heterocycles. The van der Waals surface area contributed by atoms with Gasteiger partial charge in [0.25, 0.3) is 5.91 Å². The van der Waals surface area contributed by atoms with Crippen LogP contribution in [-0.4, -0.2) is 37.0 Å². The summed E-state index contributed by atoms with van der Waals surface area (Å²) in [6.07, 6.45) is 0.809. The summed E-state index contributed by atoms with van der Waals surface area (Å²) in [7, 11) is 1.82. The molecule has 1 amide bonds. The number of benzene rings is 1. The summed E-state index contributed by atoms with van der Waals surface area (Å²) >= 11 is 0. The average molecular weight is 343 g/mol. The third-order valence-corrected chi connectivity index (χ3v) is 3.67. The van der Waals surface area contributed by atoms with Crippen molar-refractivity contribution in [1.29, 1.82) is 0 Å². The van der Waals surface area contributed by atoms with E-state index in [-0.39, 0.29) is 24.4 Å². The summed E-state index contributed by atoms with van der Waals surface area (Å²) in [4.78, 5) is 14.2. The van der Waals surface area contributed by atoms with Crippen molar-refractivity contribution < 1.29 is 9.53 Å². The molecule has 0 bridgehead atoms. The molecule has 0 spiro atoms. The van der Waals surface area contributed by atoms with Crippen molar-refractivity contribution >= 4 is 18.3 Å². The lowest BCUT2D eigenvalue weighted by molar-refractivity contribution is 0.0788. The number of ether oxygens (including phenoxy) is 1. The predicted octanol–water partition coefficient (Wildman–Crippen LogP) is 3.59. The van der Waals surface area contributed by atoms with Crippen LogP contribution in [0.25, 0.3) is 0 Å². The monoisotopic (exact) mass is 342 g/mol. The van der Waals surface area contributed by atoms with Gasteiger partial charge >= 0.3 is 0 Å². The number of halogens is 1. The van der Waals surface area contributed by atoms with Gasteiger partial charge in [0.15, 0.2) is 0 Å². The van der Waals surface area contributed by atoms with Gasteiger partial charge in [0.05, 0.1) is 6.61 Å². The summed E-state index contributed by atoms with van der Waals surface area (Å²) < 4.78 is 5.68. The first-order valence-electron chi connectivity index (χ1n) is 8.05. The molecule has 0 radical (unpaired) electrons. The molecule has 0 aromatic heterocycles. The van der Waals surface area contributed by atoms with Crippen LogP contribution in [0.1, 0.15) is 44.5 Å². The maximum atomic E-state index is 12.4. The number of hydrogen-bond donors (Lipinski definition) is 1. The number of rotatable bonds is 8. The topological polar surface area (TPSA) is 55.6 Å². The lowest BCUT2D eigenvalue weighted by Gasteiger charge is -2.22. The standard InChI is InChI=1S/C18H30N2O2.ClH/c1-13(2)12-22-16-8-6-7-15(11-16)18(21)20(5)10-9-17(19)14(3)4;/h6-8,11,13-14,17H,9-10,12,19H2,1-5H3;1H. The molecule has 1 rings (SSSR count). The fourth-order valence-electron chi connectivity index (χ4n) is 1.98. The summed E-state index contributed by atoms with van der Waals surface area (Å²) in [6, 6.07) is 7.49. The maximum Gasteiger partial charge on any atom is 0.253 e. The minimum atomic E-state index is 0. The molecule has 4 nitrogen and oxygen atoms in total. The zero-order valence-electron chi connectivity index (χ0n) is 14.9. The Morgan fingerprint density at radius 1 is 1.26 bits per heavy atom. The van der Waals surface area contributed by atoms with Crippen molar-refractivity contribution in [2.24, 2.45) is 17.6 Å². The molecular weight excluding hydrogens is 312 g/mol. The Balaban J connectivity index is 0.00000484. The van der Waals surface area contributed by atoms with Crippen molar-refractivity contribution in [3.63, 3.8) is 0 Å². The highest BCUT2D eigenvalue weighted by Crippen LogP contribution is 2.16. The average Bonchev–Trinajstić information content (AvgIpc) is 2.49. The van der Waals surface area contributed by atoms with E-state index in [4.69, 9.17) is 10.5 Å². The van der Waals surface area contributed by atoms with Crippen LogP contribution in [0.4, 0.5) is 0 Å². The summed E-state index contributed by atoms with van der Waals surface area (Å²) in [5, 5.41) is 0. The lowest BCUT2D eigenvalue weighted by Crippen LogP contribution is -2.34. The highest BCUT2D eigenvalue weighted by Gasteiger charge is 2.15. The fraction of sp³-hybridized carbons (Fsp3) is 0.611. The molecule has 1 unspecified atom stereocenters. The number of carbonyl (C=O) groups excluding carboxylic acids is 1. The second kappa shape index (κ2) is 10.5. The first kappa shape index (κ1) is 21.7. The molecule has 0 heterocycles. The van der Waals surface area contributed by atoms with E-state index in [1.165, 1.54) is 0 Å². The third-order valence-electron chi connectivity index (χ3n) is 3.67. The van der Waals surface area contributed by atoms with Crippen molar-refractivity contribution in [3.8, 4) is 5.75 Å². The fourth-order valence-corrected chi connectivity index (χ4v) is 1.98. The number of nitrogens with zero attached hydrogens (tertiary/aromatic N) is 1. The molecule has 5 heteroatoms. The largest absolute Gasteiger partial charge is 0.493 e. The van der Waals surface area contributed by atoms with Crippen molar-refractivity contribution in [3.05, 3.63) is 29.8 Å². The summed E-state index contributed by atoms with van der Waals surface area (Å²) in [5.74, 6) is 1.63. The molecule has 0 aliphatic rings. The second-order valence-corrected chi connectivity index (χ2v) is 6.66. The molecule has 0 aliphatic carbocycles. The zero-order valence-corrected chi connectivity index (χ0v) is 15.7. The van der Waals surface area contributed by atoms with Gasteiger partial charge in [0.1, 0.15) is 5.75 Å². The molecule has 23 heavy (non-hydrogen) atoms. The molecule has 0 saturated heterocycles. The number of hydrogen-bond acceptors (Lipinski definition) is 3. The Morgan fingerprint density at radius 3 is 2.48 bits per heavy atom. The second-order valence-electron chi connectivity index (χ2n) is 6.66. The zero-order chi connectivity index (χ0) is 16.7.